The predicted molar refractivity (Wildman–Crippen MR) is 57.9 cm³/mol. The van der Waals surface area contributed by atoms with Crippen molar-refractivity contribution in [3.63, 3.8) is 0 Å². The van der Waals surface area contributed by atoms with Crippen molar-refractivity contribution in [2.75, 3.05) is 5.43 Å². The van der Waals surface area contributed by atoms with Crippen LogP contribution in [0.3, 0.4) is 0 Å². The number of benzene rings is 1. The highest BCUT2D eigenvalue weighted by atomic mass is 32.3. The molecule has 0 aliphatic heterocycles. The molecular formula is C8H8N4O4S. The number of anilines is 1. The molecule has 0 unspecified atom stereocenters. The largest absolute Gasteiger partial charge is 0.394 e. The molecule has 90 valence electrons. The Kier molecular flexibility index (Phi) is 5.60. The zero-order valence-electron chi connectivity index (χ0n) is 8.32. The second-order valence-corrected chi connectivity index (χ2v) is 3.44. The lowest BCUT2D eigenvalue weighted by Gasteiger charge is -2.02. The second-order valence-electron chi connectivity index (χ2n) is 2.54. The number of hydrogen-bond donors (Lipinski definition) is 4. The summed E-state index contributed by atoms with van der Waals surface area (Å²) in [5.74, 6) is 5.14. The predicted octanol–water partition coefficient (Wildman–Crippen LogP) is 0.0628. The van der Waals surface area contributed by atoms with Crippen LogP contribution < -0.4 is 11.3 Å². The maximum atomic E-state index is 8.74. The van der Waals surface area contributed by atoms with Gasteiger partial charge < -0.3 is 5.43 Å². The van der Waals surface area contributed by atoms with Gasteiger partial charge in [-0.2, -0.15) is 18.9 Å². The smallest absolute Gasteiger partial charge is 0.323 e. The highest BCUT2D eigenvalue weighted by Crippen LogP contribution is 2.16. The Balaban J connectivity index is 0.000000437. The van der Waals surface area contributed by atoms with Crippen LogP contribution in [-0.2, 0) is 10.4 Å². The molecule has 0 radical (unpaired) electrons. The molecule has 9 heteroatoms. The number of rotatable bonds is 1. The van der Waals surface area contributed by atoms with Crippen LogP contribution in [0.5, 0.6) is 0 Å². The average Bonchev–Trinajstić information content (AvgIpc) is 2.25. The van der Waals surface area contributed by atoms with E-state index in [1.807, 2.05) is 12.1 Å². The van der Waals surface area contributed by atoms with Gasteiger partial charge in [0.15, 0.2) is 0 Å². The zero-order valence-corrected chi connectivity index (χ0v) is 9.14. The fourth-order valence-electron chi connectivity index (χ4n) is 0.886. The molecule has 0 saturated heterocycles. The van der Waals surface area contributed by atoms with Gasteiger partial charge in [0.1, 0.15) is 12.1 Å². The molecule has 0 amide bonds. The van der Waals surface area contributed by atoms with Gasteiger partial charge in [0.2, 0.25) is 0 Å². The van der Waals surface area contributed by atoms with Crippen molar-refractivity contribution in [1.82, 2.24) is 0 Å². The van der Waals surface area contributed by atoms with Gasteiger partial charge >= 0.3 is 10.4 Å². The molecule has 0 aromatic heterocycles. The molecule has 5 N–H and O–H groups in total. The average molecular weight is 256 g/mol. The van der Waals surface area contributed by atoms with Crippen molar-refractivity contribution in [2.45, 2.75) is 0 Å². The second kappa shape index (κ2) is 6.42. The van der Waals surface area contributed by atoms with Gasteiger partial charge in [-0.1, -0.05) is 6.07 Å². The third-order valence-corrected chi connectivity index (χ3v) is 1.45. The van der Waals surface area contributed by atoms with Crippen molar-refractivity contribution in [3.05, 3.63) is 29.3 Å². The third kappa shape index (κ3) is 6.09. The van der Waals surface area contributed by atoms with Gasteiger partial charge in [0.25, 0.3) is 0 Å². The van der Waals surface area contributed by atoms with Gasteiger partial charge in [-0.05, 0) is 12.1 Å². The number of nitriles is 2. The Labute approximate surface area is 97.4 Å². The van der Waals surface area contributed by atoms with Gasteiger partial charge in [0, 0.05) is 0 Å². The van der Waals surface area contributed by atoms with Crippen LogP contribution >= 0.6 is 0 Å². The molecule has 17 heavy (non-hydrogen) atoms. The minimum atomic E-state index is -4.67. The van der Waals surface area contributed by atoms with E-state index in [0.29, 0.717) is 11.3 Å². The first-order valence-electron chi connectivity index (χ1n) is 3.93. The summed E-state index contributed by atoms with van der Waals surface area (Å²) in [5, 5.41) is 17.3. The summed E-state index contributed by atoms with van der Waals surface area (Å²) in [4.78, 5) is 0. The molecule has 0 spiro atoms. The number of hydrazine groups is 1. The SMILES string of the molecule is N#Cc1cccc(NN)c1C#N.O=S(=O)(O)O. The Morgan fingerprint density at radius 1 is 1.24 bits per heavy atom. The molecule has 0 saturated carbocycles. The number of hydrogen-bond acceptors (Lipinski definition) is 6. The summed E-state index contributed by atoms with van der Waals surface area (Å²) < 4.78 is 31.6. The van der Waals surface area contributed by atoms with Crippen molar-refractivity contribution < 1.29 is 17.5 Å². The van der Waals surface area contributed by atoms with E-state index in [-0.39, 0.29) is 5.56 Å². The first kappa shape index (κ1) is 14.8. The Morgan fingerprint density at radius 3 is 2.12 bits per heavy atom. The molecule has 1 aromatic carbocycles. The highest BCUT2D eigenvalue weighted by Gasteiger charge is 2.04. The first-order valence-corrected chi connectivity index (χ1v) is 5.33. The maximum absolute atomic E-state index is 8.74. The molecule has 0 fully saturated rings. The highest BCUT2D eigenvalue weighted by molar-refractivity contribution is 7.79. The minimum Gasteiger partial charge on any atom is -0.323 e. The first-order chi connectivity index (χ1) is 7.83. The van der Waals surface area contributed by atoms with E-state index >= 15 is 0 Å². The summed E-state index contributed by atoms with van der Waals surface area (Å²) in [6.07, 6.45) is 0. The summed E-state index contributed by atoms with van der Waals surface area (Å²) in [5.41, 5.74) is 3.42. The lowest BCUT2D eigenvalue weighted by molar-refractivity contribution is 0.381. The molecular weight excluding hydrogens is 248 g/mol. The van der Waals surface area contributed by atoms with Crippen LogP contribution in [0, 0.1) is 22.7 Å². The molecule has 1 rings (SSSR count). The molecule has 0 atom stereocenters. The fraction of sp³-hybridized carbons (Fsp3) is 0. The van der Waals surface area contributed by atoms with E-state index in [0.717, 1.165) is 0 Å². The standard InChI is InChI=1S/C8H6N4.H2O4S/c9-4-6-2-1-3-8(12-11)7(6)5-10;1-5(2,3)4/h1-3,12H,11H2;(H2,1,2,3,4). The third-order valence-electron chi connectivity index (χ3n) is 1.45. The zero-order chi connectivity index (χ0) is 13.5. The molecule has 1 aromatic rings. The maximum Gasteiger partial charge on any atom is 0.394 e. The van der Waals surface area contributed by atoms with Crippen molar-refractivity contribution in [1.29, 1.82) is 10.5 Å². The van der Waals surface area contributed by atoms with E-state index in [9.17, 15) is 0 Å². The van der Waals surface area contributed by atoms with Crippen LogP contribution in [0.1, 0.15) is 11.1 Å². The van der Waals surface area contributed by atoms with Gasteiger partial charge in [-0.25, -0.2) is 0 Å². The van der Waals surface area contributed by atoms with E-state index in [4.69, 9.17) is 33.9 Å². The topological polar surface area (TPSA) is 160 Å². The van der Waals surface area contributed by atoms with Crippen LogP contribution in [0.25, 0.3) is 0 Å². The Hall–Kier alpha value is -2.17. The van der Waals surface area contributed by atoms with Crippen LogP contribution in [-0.4, -0.2) is 17.5 Å². The molecule has 0 heterocycles. The summed E-state index contributed by atoms with van der Waals surface area (Å²) in [6, 6.07) is 8.67. The van der Waals surface area contributed by atoms with Gasteiger partial charge in [0.05, 0.1) is 16.8 Å². The minimum absolute atomic E-state index is 0.280. The molecule has 0 bridgehead atoms. The lowest BCUT2D eigenvalue weighted by Crippen LogP contribution is -2.08. The number of nitrogens with two attached hydrogens (primary N) is 1. The van der Waals surface area contributed by atoms with Crippen LogP contribution in [0.2, 0.25) is 0 Å². The van der Waals surface area contributed by atoms with E-state index in [1.165, 1.54) is 0 Å². The van der Waals surface area contributed by atoms with Crippen molar-refractivity contribution in [2.24, 2.45) is 5.84 Å². The van der Waals surface area contributed by atoms with Crippen LogP contribution in [0.4, 0.5) is 5.69 Å². The number of nitrogens with zero attached hydrogens (tertiary/aromatic N) is 2. The van der Waals surface area contributed by atoms with E-state index in [2.05, 4.69) is 5.43 Å². The fourth-order valence-corrected chi connectivity index (χ4v) is 0.886. The Bertz CT molecular complexity index is 562. The van der Waals surface area contributed by atoms with Crippen LogP contribution in [0.15, 0.2) is 18.2 Å². The normalized spacial score (nSPS) is 9.24. The number of nitrogens with one attached hydrogen (secondary N) is 1. The summed E-state index contributed by atoms with van der Waals surface area (Å²) in [7, 11) is -4.67. The van der Waals surface area contributed by atoms with Gasteiger partial charge in [-0.15, -0.1) is 0 Å². The summed E-state index contributed by atoms with van der Waals surface area (Å²) in [6.45, 7) is 0. The quantitative estimate of drug-likeness (QED) is 0.311. The lowest BCUT2D eigenvalue weighted by atomic mass is 10.1. The monoisotopic (exact) mass is 256 g/mol. The number of nitrogen functional groups attached to an aromatic ring is 1. The molecule has 8 nitrogen and oxygen atoms in total. The van der Waals surface area contributed by atoms with Crippen molar-refractivity contribution >= 4 is 16.1 Å². The van der Waals surface area contributed by atoms with E-state index in [1.54, 1.807) is 18.2 Å². The molecule has 0 aliphatic carbocycles. The Morgan fingerprint density at radius 2 is 1.76 bits per heavy atom. The summed E-state index contributed by atoms with van der Waals surface area (Å²) >= 11 is 0. The van der Waals surface area contributed by atoms with Crippen molar-refractivity contribution in [3.8, 4) is 12.1 Å². The van der Waals surface area contributed by atoms with Gasteiger partial charge in [-0.3, -0.25) is 14.9 Å². The molecule has 0 aliphatic rings. The van der Waals surface area contributed by atoms with E-state index < -0.39 is 10.4 Å².